The third-order valence-corrected chi connectivity index (χ3v) is 4.31. The van der Waals surface area contributed by atoms with Gasteiger partial charge < -0.3 is 20.6 Å². The number of hydrogen-bond acceptors (Lipinski definition) is 3. The molecule has 1 aromatic carbocycles. The third-order valence-electron chi connectivity index (χ3n) is 2.00. The van der Waals surface area contributed by atoms with Crippen molar-refractivity contribution in [2.45, 2.75) is 5.34 Å². The second-order valence-corrected chi connectivity index (χ2v) is 6.29. The molecular weight excluding hydrogens is 221 g/mol. The second-order valence-electron chi connectivity index (χ2n) is 2.93. The van der Waals surface area contributed by atoms with Crippen LogP contribution >= 0.6 is 6.49 Å². The highest BCUT2D eigenvalue weighted by Gasteiger charge is 2.41. The third kappa shape index (κ3) is 2.03. The zero-order valence-electron chi connectivity index (χ0n) is 7.37. The molecule has 78 valence electrons. The zero-order valence-corrected chi connectivity index (χ0v) is 9.08. The van der Waals surface area contributed by atoms with E-state index in [4.69, 9.17) is 5.73 Å². The van der Waals surface area contributed by atoms with Crippen molar-refractivity contribution < 1.29 is 14.9 Å². The molecule has 0 radical (unpaired) electrons. The monoisotopic (exact) mass is 233 g/mol. The summed E-state index contributed by atoms with van der Waals surface area (Å²) in [6, 6.07) is 8.20. The molecule has 14 heavy (non-hydrogen) atoms. The number of benzene rings is 1. The normalized spacial score (nSPS) is 16.3. The van der Waals surface area contributed by atoms with Gasteiger partial charge in [0.25, 0.3) is 0 Å². The van der Waals surface area contributed by atoms with Gasteiger partial charge in [-0.15, -0.1) is 0 Å². The minimum Gasteiger partial charge on any atom is -0.374 e. The predicted molar refractivity (Wildman–Crippen MR) is 58.1 cm³/mol. The van der Waals surface area contributed by atoms with E-state index in [0.717, 1.165) is 0 Å². The molecule has 0 aromatic heterocycles. The topological polar surface area (TPSA) is 86.7 Å². The smallest absolute Gasteiger partial charge is 0.221 e. The largest absolute Gasteiger partial charge is 0.374 e. The average Bonchev–Trinajstić information content (AvgIpc) is 2.16. The lowest BCUT2D eigenvalue weighted by molar-refractivity contribution is 0.114. The number of rotatable bonds is 3. The first kappa shape index (κ1) is 11.8. The quantitative estimate of drug-likeness (QED) is 0.556. The van der Waals surface area contributed by atoms with Gasteiger partial charge in [0.15, 0.2) is 5.34 Å². The molecule has 0 saturated carbocycles. The molecule has 0 saturated heterocycles. The van der Waals surface area contributed by atoms with E-state index in [1.807, 2.05) is 0 Å². The van der Waals surface area contributed by atoms with Gasteiger partial charge in [-0.3, -0.25) is 0 Å². The van der Waals surface area contributed by atoms with E-state index in [2.05, 4.69) is 11.8 Å². The van der Waals surface area contributed by atoms with Crippen molar-refractivity contribution in [2.24, 2.45) is 5.73 Å². The van der Waals surface area contributed by atoms with Gasteiger partial charge >= 0.3 is 0 Å². The Morgan fingerprint density at radius 1 is 1.29 bits per heavy atom. The van der Waals surface area contributed by atoms with Crippen LogP contribution in [0.3, 0.4) is 0 Å². The lowest BCUT2D eigenvalue weighted by atomic mass is 10.1. The Hall–Kier alpha value is -0.290. The number of nitrogens with two attached hydrogens (primary N) is 1. The molecule has 1 aromatic rings. The van der Waals surface area contributed by atoms with Crippen LogP contribution in [-0.4, -0.2) is 21.4 Å². The summed E-state index contributed by atoms with van der Waals surface area (Å²) in [5.74, 6) is 0. The van der Waals surface area contributed by atoms with E-state index < -0.39 is 11.8 Å². The fraction of sp³-hybridized carbons (Fsp3) is 0.250. The highest BCUT2D eigenvalue weighted by Crippen LogP contribution is 2.54. The summed E-state index contributed by atoms with van der Waals surface area (Å²) in [5.41, 5.74) is 5.65. The number of hydrogen-bond donors (Lipinski definition) is 4. The van der Waals surface area contributed by atoms with Crippen LogP contribution in [0.15, 0.2) is 30.3 Å². The standard InChI is InChI=1S/C8H12NO3PS/c9-6-8(10,13(11,12)14)7-4-2-1-3-5-7/h1-5,10H,6,9H2,(H2,11,12,14). The molecule has 1 rings (SSSR count). The van der Waals surface area contributed by atoms with Gasteiger partial charge in [0, 0.05) is 6.54 Å². The van der Waals surface area contributed by atoms with Crippen LogP contribution in [0.2, 0.25) is 0 Å². The molecule has 0 aliphatic rings. The molecule has 1 unspecified atom stereocenters. The van der Waals surface area contributed by atoms with Crippen LogP contribution in [0.4, 0.5) is 0 Å². The Kier molecular flexibility index (Phi) is 3.42. The van der Waals surface area contributed by atoms with Crippen molar-refractivity contribution in [3.63, 3.8) is 0 Å². The van der Waals surface area contributed by atoms with E-state index in [0.29, 0.717) is 5.56 Å². The Labute approximate surface area is 87.2 Å². The summed E-state index contributed by atoms with van der Waals surface area (Å²) in [7, 11) is 0. The lowest BCUT2D eigenvalue weighted by Crippen LogP contribution is -2.34. The Morgan fingerprint density at radius 3 is 2.14 bits per heavy atom. The molecule has 0 fully saturated rings. The summed E-state index contributed by atoms with van der Waals surface area (Å²) >= 11 is 4.49. The van der Waals surface area contributed by atoms with Gasteiger partial charge in [0.2, 0.25) is 6.49 Å². The van der Waals surface area contributed by atoms with E-state index in [1.54, 1.807) is 30.3 Å². The number of aliphatic hydroxyl groups is 1. The molecule has 1 atom stereocenters. The maximum atomic E-state index is 9.95. The second kappa shape index (κ2) is 4.06. The molecule has 4 nitrogen and oxygen atoms in total. The lowest BCUT2D eigenvalue weighted by Gasteiger charge is -2.30. The maximum Gasteiger partial charge on any atom is 0.221 e. The van der Waals surface area contributed by atoms with Gasteiger partial charge in [-0.2, -0.15) is 0 Å². The molecule has 0 aliphatic heterocycles. The minimum atomic E-state index is -3.85. The van der Waals surface area contributed by atoms with E-state index in [9.17, 15) is 14.9 Å². The van der Waals surface area contributed by atoms with Gasteiger partial charge in [0.05, 0.1) is 0 Å². The van der Waals surface area contributed by atoms with Crippen LogP contribution in [0.5, 0.6) is 0 Å². The highest BCUT2D eigenvalue weighted by molar-refractivity contribution is 8.09. The Balaban J connectivity index is 3.23. The summed E-state index contributed by atoms with van der Waals surface area (Å²) in [4.78, 5) is 18.7. The van der Waals surface area contributed by atoms with Crippen LogP contribution in [-0.2, 0) is 17.1 Å². The molecule has 0 bridgehead atoms. The first-order valence-corrected chi connectivity index (χ1v) is 6.66. The summed E-state index contributed by atoms with van der Waals surface area (Å²) in [6.45, 7) is -4.16. The molecule has 5 N–H and O–H groups in total. The van der Waals surface area contributed by atoms with Crippen LogP contribution in [0.1, 0.15) is 5.56 Å². The fourth-order valence-corrected chi connectivity index (χ4v) is 2.37. The van der Waals surface area contributed by atoms with Crippen molar-refractivity contribution in [3.8, 4) is 0 Å². The van der Waals surface area contributed by atoms with E-state index in [1.165, 1.54) is 0 Å². The first-order chi connectivity index (χ1) is 6.42. The molecule has 0 heterocycles. The van der Waals surface area contributed by atoms with Crippen molar-refractivity contribution in [2.75, 3.05) is 6.54 Å². The zero-order chi connectivity index (χ0) is 10.8. The predicted octanol–water partition coefficient (Wildman–Crippen LogP) is 0.0845. The summed E-state index contributed by atoms with van der Waals surface area (Å²) in [5, 5.41) is 8.03. The fourth-order valence-electron chi connectivity index (χ4n) is 1.11. The molecule has 0 spiro atoms. The van der Waals surface area contributed by atoms with Gasteiger partial charge in [-0.1, -0.05) is 30.3 Å². The molecular formula is C8H12NO3PS. The van der Waals surface area contributed by atoms with Gasteiger partial charge in [-0.05, 0) is 17.4 Å². The van der Waals surface area contributed by atoms with Crippen LogP contribution in [0.25, 0.3) is 0 Å². The van der Waals surface area contributed by atoms with Crippen molar-refractivity contribution >= 4 is 18.3 Å². The molecule has 0 amide bonds. The Bertz CT molecular complexity index is 353. The molecule has 0 aliphatic carbocycles. The van der Waals surface area contributed by atoms with Gasteiger partial charge in [0.1, 0.15) is 0 Å². The first-order valence-electron chi connectivity index (χ1n) is 3.95. The summed E-state index contributed by atoms with van der Waals surface area (Å²) < 4.78 is 0. The SMILES string of the molecule is NCC(O)(c1ccccc1)P(O)(O)=S. The van der Waals surface area contributed by atoms with Crippen molar-refractivity contribution in [1.29, 1.82) is 0 Å². The molecule has 6 heteroatoms. The van der Waals surface area contributed by atoms with Crippen molar-refractivity contribution in [3.05, 3.63) is 35.9 Å². The van der Waals surface area contributed by atoms with E-state index in [-0.39, 0.29) is 6.54 Å². The average molecular weight is 233 g/mol. The van der Waals surface area contributed by atoms with Crippen LogP contribution < -0.4 is 5.73 Å². The summed E-state index contributed by atoms with van der Waals surface area (Å²) in [6.07, 6.45) is 0. The Morgan fingerprint density at radius 2 is 1.79 bits per heavy atom. The highest BCUT2D eigenvalue weighted by atomic mass is 32.5. The van der Waals surface area contributed by atoms with Crippen molar-refractivity contribution in [1.82, 2.24) is 0 Å². The van der Waals surface area contributed by atoms with Gasteiger partial charge in [-0.25, -0.2) is 0 Å². The van der Waals surface area contributed by atoms with E-state index >= 15 is 0 Å². The minimum absolute atomic E-state index is 0.318. The maximum absolute atomic E-state index is 9.95. The van der Waals surface area contributed by atoms with Crippen LogP contribution in [0, 0.1) is 0 Å².